The monoisotopic (exact) mass is 175 g/mol. The van der Waals surface area contributed by atoms with Crippen molar-refractivity contribution in [1.29, 1.82) is 0 Å². The maximum atomic E-state index is 4.37. The second kappa shape index (κ2) is 3.17. The minimum atomic E-state index is 0.509. The molecule has 1 unspecified atom stereocenters. The molecule has 68 valence electrons. The molecule has 13 heavy (non-hydrogen) atoms. The third-order valence-corrected chi connectivity index (χ3v) is 2.43. The topological polar surface area (TPSA) is 30.2 Å². The summed E-state index contributed by atoms with van der Waals surface area (Å²) in [5, 5.41) is 4.17. The lowest BCUT2D eigenvalue weighted by Gasteiger charge is -2.04. The number of imidazole rings is 1. The fourth-order valence-electron chi connectivity index (χ4n) is 1.43. The Kier molecular flexibility index (Phi) is 2.00. The van der Waals surface area contributed by atoms with Crippen molar-refractivity contribution in [3.63, 3.8) is 0 Å². The van der Waals surface area contributed by atoms with Crippen LogP contribution in [0.25, 0.3) is 5.52 Å². The molecule has 0 spiro atoms. The number of rotatable bonds is 2. The first-order chi connectivity index (χ1) is 6.33. The molecule has 3 heteroatoms. The zero-order valence-electron chi connectivity index (χ0n) is 7.94. The van der Waals surface area contributed by atoms with Gasteiger partial charge in [0.2, 0.25) is 0 Å². The average molecular weight is 175 g/mol. The molecule has 0 saturated heterocycles. The molecule has 0 aliphatic rings. The Bertz CT molecular complexity index is 405. The lowest BCUT2D eigenvalue weighted by molar-refractivity contribution is 0.718. The Morgan fingerprint density at radius 2 is 2.38 bits per heavy atom. The second-order valence-corrected chi connectivity index (χ2v) is 3.29. The minimum absolute atomic E-state index is 0.509. The lowest BCUT2D eigenvalue weighted by atomic mass is 10.0. The van der Waals surface area contributed by atoms with Crippen LogP contribution in [0.2, 0.25) is 0 Å². The molecule has 0 radical (unpaired) electrons. The standard InChI is InChI=1S/C10H13N3/c1-3-8(2)10-9-5-4-6-12-13(9)7-11-10/h4-8H,3H2,1-2H3. The SMILES string of the molecule is CCC(C)c1ncn2ncccc12. The summed E-state index contributed by atoms with van der Waals surface area (Å²) in [5.74, 6) is 0.509. The summed E-state index contributed by atoms with van der Waals surface area (Å²) < 4.78 is 1.82. The van der Waals surface area contributed by atoms with Crippen molar-refractivity contribution < 1.29 is 0 Å². The predicted molar refractivity (Wildman–Crippen MR) is 51.7 cm³/mol. The lowest BCUT2D eigenvalue weighted by Crippen LogP contribution is -1.93. The summed E-state index contributed by atoms with van der Waals surface area (Å²) in [4.78, 5) is 4.37. The summed E-state index contributed by atoms with van der Waals surface area (Å²) in [6.45, 7) is 4.36. The number of fused-ring (bicyclic) bond motifs is 1. The molecule has 2 rings (SSSR count). The van der Waals surface area contributed by atoms with Crippen LogP contribution in [0.4, 0.5) is 0 Å². The summed E-state index contributed by atoms with van der Waals surface area (Å²) in [6, 6.07) is 4.00. The van der Waals surface area contributed by atoms with Gasteiger partial charge in [-0.1, -0.05) is 13.8 Å². The van der Waals surface area contributed by atoms with E-state index in [4.69, 9.17) is 0 Å². The van der Waals surface area contributed by atoms with Gasteiger partial charge in [-0.25, -0.2) is 9.50 Å². The van der Waals surface area contributed by atoms with Crippen LogP contribution in [0, 0.1) is 0 Å². The Morgan fingerprint density at radius 3 is 3.15 bits per heavy atom. The quantitative estimate of drug-likeness (QED) is 0.700. The van der Waals surface area contributed by atoms with Crippen molar-refractivity contribution in [2.75, 3.05) is 0 Å². The van der Waals surface area contributed by atoms with Crippen LogP contribution in [0.1, 0.15) is 31.9 Å². The van der Waals surface area contributed by atoms with Gasteiger partial charge in [0.1, 0.15) is 6.33 Å². The highest BCUT2D eigenvalue weighted by atomic mass is 15.2. The van der Waals surface area contributed by atoms with E-state index in [1.54, 1.807) is 12.5 Å². The number of hydrogen-bond acceptors (Lipinski definition) is 2. The fraction of sp³-hybridized carbons (Fsp3) is 0.400. The van der Waals surface area contributed by atoms with Crippen LogP contribution in [-0.2, 0) is 0 Å². The van der Waals surface area contributed by atoms with Crippen LogP contribution in [-0.4, -0.2) is 14.6 Å². The van der Waals surface area contributed by atoms with E-state index in [1.165, 1.54) is 0 Å². The second-order valence-electron chi connectivity index (χ2n) is 3.29. The van der Waals surface area contributed by atoms with Gasteiger partial charge in [-0.05, 0) is 18.6 Å². The van der Waals surface area contributed by atoms with Gasteiger partial charge in [0.15, 0.2) is 0 Å². The highest BCUT2D eigenvalue weighted by molar-refractivity contribution is 5.51. The Morgan fingerprint density at radius 1 is 1.54 bits per heavy atom. The van der Waals surface area contributed by atoms with Gasteiger partial charge in [-0.2, -0.15) is 5.10 Å². The van der Waals surface area contributed by atoms with E-state index in [-0.39, 0.29) is 0 Å². The van der Waals surface area contributed by atoms with Crippen LogP contribution >= 0.6 is 0 Å². The van der Waals surface area contributed by atoms with Gasteiger partial charge in [0, 0.05) is 12.1 Å². The highest BCUT2D eigenvalue weighted by Crippen LogP contribution is 2.20. The van der Waals surface area contributed by atoms with Crippen molar-refractivity contribution >= 4 is 5.52 Å². The highest BCUT2D eigenvalue weighted by Gasteiger charge is 2.09. The fourth-order valence-corrected chi connectivity index (χ4v) is 1.43. The summed E-state index contributed by atoms with van der Waals surface area (Å²) in [6.07, 6.45) is 4.66. The first-order valence-electron chi connectivity index (χ1n) is 4.61. The van der Waals surface area contributed by atoms with Gasteiger partial charge in [0.05, 0.1) is 11.2 Å². The average Bonchev–Trinajstić information content (AvgIpc) is 2.60. The third-order valence-electron chi connectivity index (χ3n) is 2.43. The van der Waals surface area contributed by atoms with Crippen molar-refractivity contribution in [2.45, 2.75) is 26.2 Å². The normalized spacial score (nSPS) is 13.4. The molecular weight excluding hydrogens is 162 g/mol. The van der Waals surface area contributed by atoms with Crippen LogP contribution in [0.15, 0.2) is 24.7 Å². The smallest absolute Gasteiger partial charge is 0.118 e. The molecule has 0 saturated carbocycles. The number of hydrogen-bond donors (Lipinski definition) is 0. The zero-order valence-corrected chi connectivity index (χ0v) is 7.94. The molecule has 3 nitrogen and oxygen atoms in total. The maximum Gasteiger partial charge on any atom is 0.118 e. The van der Waals surface area contributed by atoms with Crippen molar-refractivity contribution in [3.05, 3.63) is 30.4 Å². The molecule has 2 heterocycles. The van der Waals surface area contributed by atoms with Gasteiger partial charge in [0.25, 0.3) is 0 Å². The van der Waals surface area contributed by atoms with Gasteiger partial charge in [-0.15, -0.1) is 0 Å². The Hall–Kier alpha value is -1.38. The van der Waals surface area contributed by atoms with E-state index in [0.717, 1.165) is 17.6 Å². The van der Waals surface area contributed by atoms with Gasteiger partial charge < -0.3 is 0 Å². The van der Waals surface area contributed by atoms with Gasteiger partial charge >= 0.3 is 0 Å². The third kappa shape index (κ3) is 1.30. The first-order valence-corrected chi connectivity index (χ1v) is 4.61. The molecule has 0 fully saturated rings. The van der Waals surface area contributed by atoms with Crippen LogP contribution < -0.4 is 0 Å². The predicted octanol–water partition coefficient (Wildman–Crippen LogP) is 2.24. The number of nitrogens with zero attached hydrogens (tertiary/aromatic N) is 3. The molecule has 0 aliphatic heterocycles. The minimum Gasteiger partial charge on any atom is -0.239 e. The molecule has 0 N–H and O–H groups in total. The van der Waals surface area contributed by atoms with E-state index in [2.05, 4.69) is 30.0 Å². The molecule has 0 aliphatic carbocycles. The molecule has 1 atom stereocenters. The van der Waals surface area contributed by atoms with E-state index in [9.17, 15) is 0 Å². The Balaban J connectivity index is 2.57. The van der Waals surface area contributed by atoms with Crippen molar-refractivity contribution in [3.8, 4) is 0 Å². The Labute approximate surface area is 77.4 Å². The van der Waals surface area contributed by atoms with E-state index in [1.807, 2.05) is 10.6 Å². The summed E-state index contributed by atoms with van der Waals surface area (Å²) in [5.41, 5.74) is 2.27. The largest absolute Gasteiger partial charge is 0.239 e. The van der Waals surface area contributed by atoms with Crippen molar-refractivity contribution in [2.24, 2.45) is 0 Å². The first kappa shape index (κ1) is 8.23. The summed E-state index contributed by atoms with van der Waals surface area (Å²) in [7, 11) is 0. The van der Waals surface area contributed by atoms with E-state index < -0.39 is 0 Å². The van der Waals surface area contributed by atoms with Gasteiger partial charge in [-0.3, -0.25) is 0 Å². The number of aromatic nitrogens is 3. The molecule has 0 amide bonds. The van der Waals surface area contributed by atoms with E-state index >= 15 is 0 Å². The molecule has 0 bridgehead atoms. The maximum absolute atomic E-state index is 4.37. The van der Waals surface area contributed by atoms with Crippen LogP contribution in [0.5, 0.6) is 0 Å². The molecule has 2 aromatic rings. The van der Waals surface area contributed by atoms with Crippen LogP contribution in [0.3, 0.4) is 0 Å². The molecular formula is C10H13N3. The van der Waals surface area contributed by atoms with E-state index in [0.29, 0.717) is 5.92 Å². The zero-order chi connectivity index (χ0) is 9.26. The summed E-state index contributed by atoms with van der Waals surface area (Å²) >= 11 is 0. The molecule has 2 aromatic heterocycles. The van der Waals surface area contributed by atoms with Crippen molar-refractivity contribution in [1.82, 2.24) is 14.6 Å². The molecule has 0 aromatic carbocycles.